The van der Waals surface area contributed by atoms with E-state index in [1.165, 1.54) is 24.8 Å². The van der Waals surface area contributed by atoms with Crippen LogP contribution in [0.5, 0.6) is 0 Å². The van der Waals surface area contributed by atoms with Crippen LogP contribution in [0.25, 0.3) is 0 Å². The average Bonchev–Trinajstić information content (AvgIpc) is 2.25. The van der Waals surface area contributed by atoms with Crippen molar-refractivity contribution in [3.8, 4) is 0 Å². The predicted octanol–water partition coefficient (Wildman–Crippen LogP) is 4.44. The highest BCUT2D eigenvalue weighted by atomic mass is 35.5. The van der Waals surface area contributed by atoms with Crippen LogP contribution in [0.4, 0.5) is 0 Å². The van der Waals surface area contributed by atoms with Gasteiger partial charge in [0, 0.05) is 17.1 Å². The summed E-state index contributed by atoms with van der Waals surface area (Å²) >= 11 is 6.02. The first-order valence-corrected chi connectivity index (χ1v) is 7.00. The lowest BCUT2D eigenvalue weighted by atomic mass is 10.0. The summed E-state index contributed by atoms with van der Waals surface area (Å²) in [5, 5.41) is 4.47. The third-order valence-electron chi connectivity index (χ3n) is 2.85. The van der Waals surface area contributed by atoms with Crippen molar-refractivity contribution < 1.29 is 0 Å². The van der Waals surface area contributed by atoms with Crippen LogP contribution in [-0.4, -0.2) is 12.1 Å². The second kappa shape index (κ2) is 7.73. The highest BCUT2D eigenvalue weighted by molar-refractivity contribution is 6.30. The van der Waals surface area contributed by atoms with Crippen molar-refractivity contribution in [2.24, 2.45) is 0 Å². The Morgan fingerprint density at radius 2 is 2.06 bits per heavy atom. The van der Waals surface area contributed by atoms with Gasteiger partial charge in [0.1, 0.15) is 0 Å². The summed E-state index contributed by atoms with van der Waals surface area (Å²) in [5.74, 6) is 0. The van der Waals surface area contributed by atoms with Crippen LogP contribution in [0.2, 0.25) is 5.02 Å². The lowest BCUT2D eigenvalue weighted by Gasteiger charge is -2.21. The van der Waals surface area contributed by atoms with E-state index in [2.05, 4.69) is 38.2 Å². The van der Waals surface area contributed by atoms with Gasteiger partial charge < -0.3 is 5.32 Å². The van der Waals surface area contributed by atoms with E-state index >= 15 is 0 Å². The molecule has 1 rings (SSSR count). The Balaban J connectivity index is 2.58. The molecule has 17 heavy (non-hydrogen) atoms. The molecule has 1 unspecified atom stereocenters. The zero-order valence-corrected chi connectivity index (χ0v) is 11.9. The maximum Gasteiger partial charge on any atom is 0.0408 e. The molecule has 0 fully saturated rings. The highest BCUT2D eigenvalue weighted by Gasteiger charge is 2.10. The van der Waals surface area contributed by atoms with Gasteiger partial charge in [0.2, 0.25) is 0 Å². The van der Waals surface area contributed by atoms with Crippen molar-refractivity contribution in [1.82, 2.24) is 5.32 Å². The molecule has 1 nitrogen and oxygen atoms in total. The van der Waals surface area contributed by atoms with E-state index in [0.717, 1.165) is 11.4 Å². The maximum atomic E-state index is 6.02. The van der Waals surface area contributed by atoms with Gasteiger partial charge in [-0.15, -0.1) is 0 Å². The van der Waals surface area contributed by atoms with E-state index in [1.807, 2.05) is 12.1 Å². The molecular formula is C15H24ClN. The fraction of sp³-hybridized carbons (Fsp3) is 0.600. The number of unbranched alkanes of at least 4 members (excludes halogenated alkanes) is 1. The molecule has 0 aliphatic rings. The van der Waals surface area contributed by atoms with Crippen molar-refractivity contribution >= 4 is 11.6 Å². The molecule has 96 valence electrons. The molecule has 0 amide bonds. The fourth-order valence-corrected chi connectivity index (χ4v) is 2.33. The summed E-state index contributed by atoms with van der Waals surface area (Å²) < 4.78 is 0. The van der Waals surface area contributed by atoms with Gasteiger partial charge in [0.15, 0.2) is 0 Å². The van der Waals surface area contributed by atoms with E-state index in [-0.39, 0.29) is 0 Å². The molecular weight excluding hydrogens is 230 g/mol. The molecule has 0 aromatic heterocycles. The summed E-state index contributed by atoms with van der Waals surface area (Å²) in [6.45, 7) is 6.65. The number of hydrogen-bond acceptors (Lipinski definition) is 1. The standard InChI is InChI=1S/C15H24ClN/c1-4-5-9-15(17-12(2)3)11-13-7-6-8-14(16)10-13/h6-8,10,12,15,17H,4-5,9,11H2,1-3H3. The van der Waals surface area contributed by atoms with Gasteiger partial charge in [-0.2, -0.15) is 0 Å². The number of halogens is 1. The monoisotopic (exact) mass is 253 g/mol. The third-order valence-corrected chi connectivity index (χ3v) is 3.08. The largest absolute Gasteiger partial charge is 0.311 e. The Morgan fingerprint density at radius 3 is 2.65 bits per heavy atom. The van der Waals surface area contributed by atoms with Gasteiger partial charge >= 0.3 is 0 Å². The van der Waals surface area contributed by atoms with Crippen molar-refractivity contribution in [2.45, 2.75) is 58.5 Å². The number of rotatable bonds is 7. The molecule has 0 spiro atoms. The first-order chi connectivity index (χ1) is 8.11. The summed E-state index contributed by atoms with van der Waals surface area (Å²) in [4.78, 5) is 0. The molecule has 0 heterocycles. The van der Waals surface area contributed by atoms with Gasteiger partial charge in [-0.3, -0.25) is 0 Å². The Labute approximate surface area is 111 Å². The SMILES string of the molecule is CCCCC(Cc1cccc(Cl)c1)NC(C)C. The summed E-state index contributed by atoms with van der Waals surface area (Å²) in [5.41, 5.74) is 1.33. The van der Waals surface area contributed by atoms with E-state index in [1.54, 1.807) is 0 Å². The molecule has 0 radical (unpaired) electrons. The number of benzene rings is 1. The molecule has 0 aliphatic heterocycles. The van der Waals surface area contributed by atoms with E-state index in [0.29, 0.717) is 12.1 Å². The molecule has 1 N–H and O–H groups in total. The van der Waals surface area contributed by atoms with Crippen LogP contribution in [0.15, 0.2) is 24.3 Å². The van der Waals surface area contributed by atoms with Crippen LogP contribution in [0, 0.1) is 0 Å². The first kappa shape index (κ1) is 14.5. The van der Waals surface area contributed by atoms with Crippen LogP contribution >= 0.6 is 11.6 Å². The molecule has 0 aliphatic carbocycles. The molecule has 2 heteroatoms. The Hall–Kier alpha value is -0.530. The van der Waals surface area contributed by atoms with Crippen LogP contribution in [0.3, 0.4) is 0 Å². The molecule has 1 atom stereocenters. The quantitative estimate of drug-likeness (QED) is 0.758. The van der Waals surface area contributed by atoms with Gasteiger partial charge in [0.25, 0.3) is 0 Å². The molecule has 1 aromatic rings. The van der Waals surface area contributed by atoms with E-state index < -0.39 is 0 Å². The van der Waals surface area contributed by atoms with Crippen molar-refractivity contribution in [3.63, 3.8) is 0 Å². The summed E-state index contributed by atoms with van der Waals surface area (Å²) in [6.07, 6.45) is 4.84. The van der Waals surface area contributed by atoms with Crippen LogP contribution in [0.1, 0.15) is 45.6 Å². The Bertz CT molecular complexity index is 322. The predicted molar refractivity (Wildman–Crippen MR) is 76.7 cm³/mol. The van der Waals surface area contributed by atoms with Gasteiger partial charge in [-0.1, -0.05) is 57.3 Å². The first-order valence-electron chi connectivity index (χ1n) is 6.62. The van der Waals surface area contributed by atoms with Gasteiger partial charge in [-0.25, -0.2) is 0 Å². The van der Waals surface area contributed by atoms with Crippen molar-refractivity contribution in [2.75, 3.05) is 0 Å². The second-order valence-electron chi connectivity index (χ2n) is 4.99. The third kappa shape index (κ3) is 6.09. The number of nitrogens with one attached hydrogen (secondary N) is 1. The lowest BCUT2D eigenvalue weighted by molar-refractivity contribution is 0.425. The van der Waals surface area contributed by atoms with Crippen LogP contribution in [-0.2, 0) is 6.42 Å². The smallest absolute Gasteiger partial charge is 0.0408 e. The topological polar surface area (TPSA) is 12.0 Å². The zero-order valence-electron chi connectivity index (χ0n) is 11.2. The second-order valence-corrected chi connectivity index (χ2v) is 5.43. The Morgan fingerprint density at radius 1 is 1.29 bits per heavy atom. The number of hydrogen-bond donors (Lipinski definition) is 1. The molecule has 0 bridgehead atoms. The minimum absolute atomic E-state index is 0.538. The molecule has 0 saturated heterocycles. The minimum atomic E-state index is 0.538. The fourth-order valence-electron chi connectivity index (χ4n) is 2.11. The summed E-state index contributed by atoms with van der Waals surface area (Å²) in [7, 11) is 0. The zero-order chi connectivity index (χ0) is 12.7. The van der Waals surface area contributed by atoms with Gasteiger partial charge in [-0.05, 0) is 30.5 Å². The van der Waals surface area contributed by atoms with E-state index in [9.17, 15) is 0 Å². The molecule has 1 aromatic carbocycles. The lowest BCUT2D eigenvalue weighted by Crippen LogP contribution is -2.36. The summed E-state index contributed by atoms with van der Waals surface area (Å²) in [6, 6.07) is 9.30. The van der Waals surface area contributed by atoms with E-state index in [4.69, 9.17) is 11.6 Å². The van der Waals surface area contributed by atoms with Crippen molar-refractivity contribution in [1.29, 1.82) is 0 Å². The highest BCUT2D eigenvalue weighted by Crippen LogP contribution is 2.14. The van der Waals surface area contributed by atoms with Gasteiger partial charge in [0.05, 0.1) is 0 Å². The maximum absolute atomic E-state index is 6.02. The van der Waals surface area contributed by atoms with Crippen molar-refractivity contribution in [3.05, 3.63) is 34.9 Å². The molecule has 0 saturated carbocycles. The van der Waals surface area contributed by atoms with Crippen LogP contribution < -0.4 is 5.32 Å². The average molecular weight is 254 g/mol. The minimum Gasteiger partial charge on any atom is -0.311 e. The normalized spacial score (nSPS) is 13.0. The Kier molecular flexibility index (Phi) is 6.61.